The predicted octanol–water partition coefficient (Wildman–Crippen LogP) is 3.59. The van der Waals surface area contributed by atoms with Gasteiger partial charge in [0.15, 0.2) is 0 Å². The van der Waals surface area contributed by atoms with Gasteiger partial charge in [0.05, 0.1) is 11.6 Å². The molecule has 0 aliphatic carbocycles. The Bertz CT molecular complexity index is 524. The third-order valence-electron chi connectivity index (χ3n) is 2.70. The molecule has 18 heavy (non-hydrogen) atoms. The van der Waals surface area contributed by atoms with E-state index in [1.807, 2.05) is 30.3 Å². The van der Waals surface area contributed by atoms with E-state index in [9.17, 15) is 5.11 Å². The smallest absolute Gasteiger partial charge is 0.138 e. The van der Waals surface area contributed by atoms with Crippen LogP contribution in [0.4, 0.5) is 0 Å². The van der Waals surface area contributed by atoms with Gasteiger partial charge in [-0.2, -0.15) is 0 Å². The molecule has 0 aliphatic heterocycles. The molecule has 0 fully saturated rings. The molecule has 0 bridgehead atoms. The molecule has 2 nitrogen and oxygen atoms in total. The molecule has 0 saturated carbocycles. The molecule has 0 unspecified atom stereocenters. The van der Waals surface area contributed by atoms with E-state index in [2.05, 4.69) is 6.92 Å². The van der Waals surface area contributed by atoms with Gasteiger partial charge in [0.2, 0.25) is 0 Å². The number of benzene rings is 2. The predicted molar refractivity (Wildman–Crippen MR) is 72.6 cm³/mol. The Balaban J connectivity index is 2.15. The summed E-state index contributed by atoms with van der Waals surface area (Å²) in [5, 5.41) is 9.66. The van der Waals surface area contributed by atoms with Gasteiger partial charge in [0.25, 0.3) is 0 Å². The molecule has 3 heteroatoms. The molecule has 2 aromatic rings. The SMILES string of the molecule is [CH2]c1ccc(OCc2ccccc2)c(Cl)c1CO. The summed E-state index contributed by atoms with van der Waals surface area (Å²) in [6.45, 7) is 4.12. The lowest BCUT2D eigenvalue weighted by Gasteiger charge is -2.12. The number of ether oxygens (including phenoxy) is 1. The Hall–Kier alpha value is -1.51. The van der Waals surface area contributed by atoms with Crippen LogP contribution in [0.25, 0.3) is 0 Å². The first-order valence-electron chi connectivity index (χ1n) is 5.63. The number of halogens is 1. The first-order chi connectivity index (χ1) is 8.72. The third-order valence-corrected chi connectivity index (χ3v) is 3.11. The Morgan fingerprint density at radius 2 is 1.83 bits per heavy atom. The molecule has 0 saturated heterocycles. The topological polar surface area (TPSA) is 29.5 Å². The number of aliphatic hydroxyl groups excluding tert-OH is 1. The number of hydrogen-bond acceptors (Lipinski definition) is 2. The van der Waals surface area contributed by atoms with E-state index >= 15 is 0 Å². The van der Waals surface area contributed by atoms with Crippen LogP contribution in [0.2, 0.25) is 5.02 Å². The second-order valence-corrected chi connectivity index (χ2v) is 4.33. The van der Waals surface area contributed by atoms with Crippen LogP contribution in [-0.2, 0) is 13.2 Å². The van der Waals surface area contributed by atoms with Crippen LogP contribution >= 0.6 is 11.6 Å². The summed E-state index contributed by atoms with van der Waals surface area (Å²) in [5.74, 6) is 0.567. The Kier molecular flexibility index (Phi) is 4.24. The van der Waals surface area contributed by atoms with Crippen LogP contribution in [0.1, 0.15) is 16.7 Å². The minimum Gasteiger partial charge on any atom is -0.487 e. The summed E-state index contributed by atoms with van der Waals surface area (Å²) >= 11 is 6.16. The summed E-state index contributed by atoms with van der Waals surface area (Å²) in [6, 6.07) is 13.4. The van der Waals surface area contributed by atoms with Crippen molar-refractivity contribution in [3.05, 3.63) is 71.1 Å². The van der Waals surface area contributed by atoms with Crippen molar-refractivity contribution < 1.29 is 9.84 Å². The van der Waals surface area contributed by atoms with E-state index in [0.717, 1.165) is 11.1 Å². The van der Waals surface area contributed by atoms with Crippen molar-refractivity contribution in [1.82, 2.24) is 0 Å². The summed E-state index contributed by atoms with van der Waals surface area (Å²) in [4.78, 5) is 0. The number of hydrogen-bond donors (Lipinski definition) is 1. The highest BCUT2D eigenvalue weighted by Gasteiger charge is 2.09. The fraction of sp³-hybridized carbons (Fsp3) is 0.133. The molecule has 0 heterocycles. The van der Waals surface area contributed by atoms with Gasteiger partial charge in [0.1, 0.15) is 12.4 Å². The lowest BCUT2D eigenvalue weighted by Crippen LogP contribution is -1.98. The van der Waals surface area contributed by atoms with Crippen molar-refractivity contribution in [1.29, 1.82) is 0 Å². The number of rotatable bonds is 4. The molecule has 2 rings (SSSR count). The highest BCUT2D eigenvalue weighted by molar-refractivity contribution is 6.33. The van der Waals surface area contributed by atoms with Gasteiger partial charge < -0.3 is 9.84 Å². The van der Waals surface area contributed by atoms with Crippen molar-refractivity contribution in [2.24, 2.45) is 0 Å². The van der Waals surface area contributed by atoms with Crippen molar-refractivity contribution in [2.45, 2.75) is 13.2 Å². The molecule has 0 aromatic heterocycles. The van der Waals surface area contributed by atoms with Gasteiger partial charge in [-0.1, -0.05) is 48.0 Å². The van der Waals surface area contributed by atoms with E-state index < -0.39 is 0 Å². The van der Waals surface area contributed by atoms with Gasteiger partial charge in [0, 0.05) is 5.56 Å². The second-order valence-electron chi connectivity index (χ2n) is 3.95. The summed E-state index contributed by atoms with van der Waals surface area (Å²) in [6.07, 6.45) is 0. The van der Waals surface area contributed by atoms with Gasteiger partial charge in [-0.25, -0.2) is 0 Å². The zero-order chi connectivity index (χ0) is 13.0. The van der Waals surface area contributed by atoms with E-state index in [4.69, 9.17) is 16.3 Å². The maximum Gasteiger partial charge on any atom is 0.138 e. The molecular formula is C15H14ClO2. The highest BCUT2D eigenvalue weighted by atomic mass is 35.5. The Labute approximate surface area is 112 Å². The van der Waals surface area contributed by atoms with Crippen molar-refractivity contribution >= 4 is 11.6 Å². The standard InChI is InChI=1S/C15H14ClO2/c1-11-7-8-14(15(16)13(11)9-17)18-10-12-5-3-2-4-6-12/h2-8,17H,1,9-10H2. The van der Waals surface area contributed by atoms with Crippen molar-refractivity contribution in [2.75, 3.05) is 0 Å². The van der Waals surface area contributed by atoms with E-state index in [1.165, 1.54) is 0 Å². The quantitative estimate of drug-likeness (QED) is 0.911. The van der Waals surface area contributed by atoms with Crippen molar-refractivity contribution in [3.8, 4) is 5.75 Å². The van der Waals surface area contributed by atoms with Crippen LogP contribution < -0.4 is 4.74 Å². The molecule has 1 N–H and O–H groups in total. The van der Waals surface area contributed by atoms with Gasteiger partial charge in [-0.05, 0) is 24.1 Å². The van der Waals surface area contributed by atoms with Crippen LogP contribution in [0.5, 0.6) is 5.75 Å². The van der Waals surface area contributed by atoms with Gasteiger partial charge in [-0.3, -0.25) is 0 Å². The zero-order valence-corrected chi connectivity index (χ0v) is 10.7. The third kappa shape index (κ3) is 2.84. The molecular weight excluding hydrogens is 248 g/mol. The highest BCUT2D eigenvalue weighted by Crippen LogP contribution is 2.31. The first-order valence-corrected chi connectivity index (χ1v) is 6.01. The fourth-order valence-corrected chi connectivity index (χ4v) is 1.96. The first kappa shape index (κ1) is 12.9. The second kappa shape index (κ2) is 5.89. The van der Waals surface area contributed by atoms with Crippen LogP contribution in [-0.4, -0.2) is 5.11 Å². The Morgan fingerprint density at radius 1 is 1.11 bits per heavy atom. The normalized spacial score (nSPS) is 10.4. The molecule has 0 atom stereocenters. The van der Waals surface area contributed by atoms with Gasteiger partial charge >= 0.3 is 0 Å². The average molecular weight is 262 g/mol. The molecule has 0 aliphatic rings. The molecule has 0 spiro atoms. The van der Waals surface area contributed by atoms with Crippen LogP contribution in [0.15, 0.2) is 42.5 Å². The number of aliphatic hydroxyl groups is 1. The minimum atomic E-state index is -0.139. The minimum absolute atomic E-state index is 0.139. The maximum absolute atomic E-state index is 9.23. The van der Waals surface area contributed by atoms with E-state index in [1.54, 1.807) is 12.1 Å². The Morgan fingerprint density at radius 3 is 2.50 bits per heavy atom. The van der Waals surface area contributed by atoms with Crippen LogP contribution in [0, 0.1) is 6.92 Å². The van der Waals surface area contributed by atoms with E-state index in [0.29, 0.717) is 22.9 Å². The summed E-state index contributed by atoms with van der Waals surface area (Å²) in [7, 11) is 0. The van der Waals surface area contributed by atoms with Crippen LogP contribution in [0.3, 0.4) is 0 Å². The molecule has 0 amide bonds. The summed E-state index contributed by atoms with van der Waals surface area (Å²) in [5.41, 5.74) is 2.40. The monoisotopic (exact) mass is 261 g/mol. The lowest BCUT2D eigenvalue weighted by atomic mass is 10.1. The largest absolute Gasteiger partial charge is 0.487 e. The molecule has 2 aromatic carbocycles. The molecule has 93 valence electrons. The lowest BCUT2D eigenvalue weighted by molar-refractivity contribution is 0.277. The summed E-state index contributed by atoms with van der Waals surface area (Å²) < 4.78 is 5.65. The fourth-order valence-electron chi connectivity index (χ4n) is 1.66. The molecule has 1 radical (unpaired) electrons. The van der Waals surface area contributed by atoms with Crippen molar-refractivity contribution in [3.63, 3.8) is 0 Å². The maximum atomic E-state index is 9.23. The van der Waals surface area contributed by atoms with Gasteiger partial charge in [-0.15, -0.1) is 0 Å². The van der Waals surface area contributed by atoms with E-state index in [-0.39, 0.29) is 6.61 Å². The average Bonchev–Trinajstić information content (AvgIpc) is 2.40. The zero-order valence-electron chi connectivity index (χ0n) is 9.90.